The van der Waals surface area contributed by atoms with Gasteiger partial charge in [-0.05, 0) is 106 Å². The van der Waals surface area contributed by atoms with Crippen molar-refractivity contribution in [3.05, 3.63) is 97.6 Å². The van der Waals surface area contributed by atoms with E-state index in [-0.39, 0.29) is 52.9 Å². The molecule has 15 heteroatoms. The molecular formula is C51H57Cl2FN6O6. The van der Waals surface area contributed by atoms with Crippen molar-refractivity contribution >= 4 is 63.6 Å². The number of nitrogens with one attached hydrogen (secondary N) is 2. The number of hydrogen-bond acceptors (Lipinski definition) is 7. The summed E-state index contributed by atoms with van der Waals surface area (Å²) in [5, 5.41) is 16.5. The van der Waals surface area contributed by atoms with E-state index in [4.69, 9.17) is 23.2 Å². The number of anilines is 1. The van der Waals surface area contributed by atoms with Crippen molar-refractivity contribution < 1.29 is 28.7 Å². The van der Waals surface area contributed by atoms with Gasteiger partial charge in [0, 0.05) is 60.2 Å². The van der Waals surface area contributed by atoms with Crippen LogP contribution in [0.2, 0.25) is 10.0 Å². The lowest BCUT2D eigenvalue weighted by molar-refractivity contribution is -0.136. The van der Waals surface area contributed by atoms with E-state index >= 15 is 9.18 Å². The summed E-state index contributed by atoms with van der Waals surface area (Å²) in [5.74, 6) is 3.72. The molecule has 2 saturated heterocycles. The molecule has 12 nitrogen and oxygen atoms in total. The molecule has 2 aliphatic carbocycles. The average Bonchev–Trinajstić information content (AvgIpc) is 3.75. The summed E-state index contributed by atoms with van der Waals surface area (Å²) in [7, 11) is 3.59. The molecule has 3 N–H and O–H groups in total. The number of aliphatic hydroxyl groups is 1. The first-order chi connectivity index (χ1) is 31.6. The van der Waals surface area contributed by atoms with Crippen molar-refractivity contribution in [1.29, 1.82) is 0 Å². The number of unbranched alkanes of at least 4 members (excludes halogenated alkanes) is 5. The normalized spacial score (nSPS) is 27.0. The fourth-order valence-corrected chi connectivity index (χ4v) is 12.7. The molecule has 1 aromatic heterocycles. The van der Waals surface area contributed by atoms with Gasteiger partial charge in [0.25, 0.3) is 0 Å². The van der Waals surface area contributed by atoms with Crippen molar-refractivity contribution in [3.63, 3.8) is 0 Å². The minimum absolute atomic E-state index is 0.0671. The smallest absolute Gasteiger partial charge is 0.329 e. The predicted octanol–water partition coefficient (Wildman–Crippen LogP) is 7.57. The van der Waals surface area contributed by atoms with Gasteiger partial charge in [0.2, 0.25) is 23.6 Å². The number of amides is 4. The number of aryl methyl sites for hydroxylation is 1. The van der Waals surface area contributed by atoms with E-state index in [1.54, 1.807) is 38.2 Å². The third-order valence-corrected chi connectivity index (χ3v) is 15.9. The van der Waals surface area contributed by atoms with Crippen LogP contribution in [0.3, 0.4) is 0 Å². The molecule has 2 spiro atoms. The molecule has 4 aromatic rings. The van der Waals surface area contributed by atoms with Crippen LogP contribution in [0.15, 0.2) is 59.4 Å². The zero-order valence-corrected chi connectivity index (χ0v) is 39.2. The molecule has 3 aromatic carbocycles. The second kappa shape index (κ2) is 17.9. The van der Waals surface area contributed by atoms with E-state index in [0.29, 0.717) is 60.4 Å². The summed E-state index contributed by atoms with van der Waals surface area (Å²) >= 11 is 13.2. The first kappa shape index (κ1) is 46.1. The Balaban J connectivity index is 0.909. The Morgan fingerprint density at radius 1 is 0.939 bits per heavy atom. The predicted molar refractivity (Wildman–Crippen MR) is 252 cm³/mol. The molecule has 348 valence electrons. The van der Waals surface area contributed by atoms with Gasteiger partial charge < -0.3 is 15.3 Å². The van der Waals surface area contributed by atoms with E-state index in [9.17, 15) is 24.3 Å². The summed E-state index contributed by atoms with van der Waals surface area (Å²) in [5.41, 5.74) is 0.434. The van der Waals surface area contributed by atoms with Gasteiger partial charge in [-0.15, -0.1) is 0 Å². The molecule has 4 amide bonds. The number of benzene rings is 3. The number of carbonyl (C=O) groups excluding carboxylic acids is 4. The SMILES string of the molecule is CN1[C@@H](C(=O)NC2CC(C)(O)C2)[C@H](c2cccc(Cl)c2F)[C@]2(C(=O)N(CCCCCCCC#Cc3ccc4c(c3)n(C)c(=O)n4C3CCC(=O)NC3=O)c3cc(Cl)ccc32)C12CCCCC2. The maximum Gasteiger partial charge on any atom is 0.329 e. The van der Waals surface area contributed by atoms with Crippen LogP contribution in [0.4, 0.5) is 10.1 Å². The van der Waals surface area contributed by atoms with Crippen molar-refractivity contribution in [2.45, 2.75) is 144 Å². The van der Waals surface area contributed by atoms with Gasteiger partial charge in [-0.3, -0.25) is 38.5 Å². The fourth-order valence-electron chi connectivity index (χ4n) is 12.4. The molecule has 3 aliphatic heterocycles. The van der Waals surface area contributed by atoms with Crippen LogP contribution < -0.4 is 21.2 Å². The maximum atomic E-state index is 16.7. The first-order valence-electron chi connectivity index (χ1n) is 23.4. The highest BCUT2D eigenvalue weighted by molar-refractivity contribution is 6.31. The van der Waals surface area contributed by atoms with Crippen LogP contribution in [0.5, 0.6) is 0 Å². The highest BCUT2D eigenvalue weighted by Gasteiger charge is 2.76. The second-order valence-corrected chi connectivity index (χ2v) is 20.4. The molecule has 5 aliphatic rings. The Kier molecular flexibility index (Phi) is 12.5. The number of likely N-dealkylation sites (N-methyl/N-ethyl adjacent to an activating group) is 1. The van der Waals surface area contributed by atoms with Gasteiger partial charge in [0.05, 0.1) is 27.7 Å². The molecule has 2 saturated carbocycles. The van der Waals surface area contributed by atoms with Crippen LogP contribution in [-0.2, 0) is 31.6 Å². The highest BCUT2D eigenvalue weighted by atomic mass is 35.5. The van der Waals surface area contributed by atoms with Gasteiger partial charge in [-0.25, -0.2) is 9.18 Å². The van der Waals surface area contributed by atoms with Gasteiger partial charge >= 0.3 is 5.69 Å². The lowest BCUT2D eigenvalue weighted by atomic mass is 9.55. The van der Waals surface area contributed by atoms with Gasteiger partial charge in [-0.2, -0.15) is 0 Å². The number of piperidine rings is 1. The Bertz CT molecular complexity index is 2740. The van der Waals surface area contributed by atoms with Crippen molar-refractivity contribution in [2.24, 2.45) is 7.05 Å². The summed E-state index contributed by atoms with van der Waals surface area (Å²) in [6.07, 6.45) is 10.3. The Labute approximate surface area is 394 Å². The molecule has 66 heavy (non-hydrogen) atoms. The fraction of sp³-hybridized carbons (Fsp3) is 0.510. The number of nitrogens with zero attached hydrogens (tertiary/aromatic N) is 4. The van der Waals surface area contributed by atoms with E-state index in [2.05, 4.69) is 27.4 Å². The third kappa shape index (κ3) is 7.66. The Morgan fingerprint density at radius 2 is 1.68 bits per heavy atom. The second-order valence-electron chi connectivity index (χ2n) is 19.5. The average molecular weight is 940 g/mol. The molecule has 9 rings (SSSR count). The molecule has 4 fully saturated rings. The van der Waals surface area contributed by atoms with Crippen LogP contribution in [0.1, 0.15) is 132 Å². The van der Waals surface area contributed by atoms with Crippen molar-refractivity contribution in [3.8, 4) is 11.8 Å². The number of hydrogen-bond donors (Lipinski definition) is 3. The number of fused-ring (bicyclic) bond motifs is 4. The van der Waals surface area contributed by atoms with E-state index in [1.807, 2.05) is 36.2 Å². The number of aromatic nitrogens is 2. The minimum Gasteiger partial charge on any atom is -0.390 e. The van der Waals surface area contributed by atoms with E-state index < -0.39 is 46.3 Å². The van der Waals surface area contributed by atoms with Crippen LogP contribution in [-0.4, -0.2) is 79.6 Å². The Hall–Kier alpha value is -5.00. The zero-order chi connectivity index (χ0) is 46.7. The number of rotatable bonds is 11. The molecule has 0 radical (unpaired) electrons. The third-order valence-electron chi connectivity index (χ3n) is 15.4. The quantitative estimate of drug-likeness (QED) is 0.0800. The highest BCUT2D eigenvalue weighted by Crippen LogP contribution is 2.67. The van der Waals surface area contributed by atoms with Crippen LogP contribution in [0, 0.1) is 17.7 Å². The Morgan fingerprint density at radius 3 is 2.42 bits per heavy atom. The minimum atomic E-state index is -1.32. The zero-order valence-electron chi connectivity index (χ0n) is 37.7. The van der Waals surface area contributed by atoms with Gasteiger partial charge in [0.1, 0.15) is 17.3 Å². The summed E-state index contributed by atoms with van der Waals surface area (Å²) < 4.78 is 19.6. The molecular weight excluding hydrogens is 883 g/mol. The largest absolute Gasteiger partial charge is 0.390 e. The number of imidazole rings is 1. The number of likely N-dealkylation sites (tertiary alicyclic amines) is 1. The standard InChI is InChI=1S/C51H57Cl2FN6O6/c1-49(66)29-33(30-49)55-46(63)44-42(34-16-14-17-36(53)43(34)54)51(50(58(44)3)24-11-9-12-25-50)35-20-19-32(52)28-39(35)59(47(51)64)26-13-8-6-4-5-7-10-15-31-18-21-37-40(27-31)57(2)48(65)60(37)38-22-23-41(61)56-45(38)62/h14,16-21,27-28,33,38,42,44,66H,4-9,11-13,22-26,29-30H2,1-3H3,(H,55,63)(H,56,61,62)/t33?,38?,42-,44+,49?,51+/m0/s1. The molecule has 4 atom stereocenters. The number of imide groups is 1. The monoisotopic (exact) mass is 938 g/mol. The first-order valence-corrected chi connectivity index (χ1v) is 24.2. The topological polar surface area (TPSA) is 146 Å². The molecule has 4 heterocycles. The molecule has 1 unspecified atom stereocenters. The van der Waals surface area contributed by atoms with Crippen LogP contribution >= 0.6 is 23.2 Å². The van der Waals surface area contributed by atoms with Gasteiger partial charge in [-0.1, -0.05) is 91.8 Å². The lowest BCUT2D eigenvalue weighted by Crippen LogP contribution is -2.62. The maximum absolute atomic E-state index is 16.7. The van der Waals surface area contributed by atoms with E-state index in [1.165, 1.54) is 15.2 Å². The van der Waals surface area contributed by atoms with Crippen molar-refractivity contribution in [1.82, 2.24) is 24.7 Å². The lowest BCUT2D eigenvalue weighted by Gasteiger charge is -2.50. The number of carbonyl (C=O) groups is 4. The molecule has 0 bridgehead atoms. The van der Waals surface area contributed by atoms with Gasteiger partial charge in [0.15, 0.2) is 0 Å². The van der Waals surface area contributed by atoms with E-state index in [0.717, 1.165) is 62.5 Å². The van der Waals surface area contributed by atoms with Crippen LogP contribution in [0.25, 0.3) is 11.0 Å². The van der Waals surface area contributed by atoms with Crippen molar-refractivity contribution in [2.75, 3.05) is 18.5 Å². The summed E-state index contributed by atoms with van der Waals surface area (Å²) in [6.45, 7) is 2.19. The summed E-state index contributed by atoms with van der Waals surface area (Å²) in [6, 6.07) is 14.1. The number of halogens is 3. The summed E-state index contributed by atoms with van der Waals surface area (Å²) in [4.78, 5) is 72.0.